The van der Waals surface area contributed by atoms with Crippen molar-refractivity contribution in [3.63, 3.8) is 0 Å². The quantitative estimate of drug-likeness (QED) is 0.425. The van der Waals surface area contributed by atoms with Crippen molar-refractivity contribution in [1.82, 2.24) is 15.3 Å². The highest BCUT2D eigenvalue weighted by atomic mass is 16.1. The molecule has 0 aliphatic carbocycles. The first-order valence-electron chi connectivity index (χ1n) is 5.90. The van der Waals surface area contributed by atoms with Gasteiger partial charge in [0.1, 0.15) is 17.5 Å². The molecule has 1 heterocycles. The predicted octanol–water partition coefficient (Wildman–Crippen LogP) is 0.181. The number of nitrogen functional groups attached to an aromatic ring is 1. The van der Waals surface area contributed by atoms with Crippen LogP contribution in [-0.2, 0) is 11.2 Å². The number of aryl methyl sites for hydroxylation is 1. The van der Waals surface area contributed by atoms with Crippen LogP contribution >= 0.6 is 0 Å². The number of hydrogen-bond donors (Lipinski definition) is 4. The zero-order valence-corrected chi connectivity index (χ0v) is 11.0. The summed E-state index contributed by atoms with van der Waals surface area (Å²) in [6, 6.07) is 0. The molecule has 100 valence electrons. The fraction of sp³-hybridized carbons (Fsp3) is 0.545. The van der Waals surface area contributed by atoms with Gasteiger partial charge in [0.05, 0.1) is 0 Å². The first-order valence-corrected chi connectivity index (χ1v) is 5.90. The normalized spacial score (nSPS) is 10.0. The lowest BCUT2D eigenvalue weighted by Crippen LogP contribution is -2.21. The number of aromatic nitrogens is 2. The van der Waals surface area contributed by atoms with Gasteiger partial charge in [0, 0.05) is 32.0 Å². The number of rotatable bonds is 6. The van der Waals surface area contributed by atoms with Crippen LogP contribution in [0.3, 0.4) is 0 Å². The van der Waals surface area contributed by atoms with Crippen molar-refractivity contribution in [1.29, 1.82) is 0 Å². The molecular weight excluding hydrogens is 232 g/mol. The Morgan fingerprint density at radius 3 is 2.56 bits per heavy atom. The summed E-state index contributed by atoms with van der Waals surface area (Å²) < 4.78 is 0. The number of carbonyl (C=O) groups is 1. The minimum absolute atomic E-state index is 0.0119. The van der Waals surface area contributed by atoms with Gasteiger partial charge in [0.15, 0.2) is 0 Å². The van der Waals surface area contributed by atoms with Crippen LogP contribution < -0.4 is 21.9 Å². The summed E-state index contributed by atoms with van der Waals surface area (Å²) in [5, 5.41) is 5.69. The summed E-state index contributed by atoms with van der Waals surface area (Å²) in [7, 11) is 1.61. The minimum Gasteiger partial charge on any atom is -0.369 e. The summed E-state index contributed by atoms with van der Waals surface area (Å²) in [6.45, 7) is 4.36. The van der Waals surface area contributed by atoms with Gasteiger partial charge in [-0.2, -0.15) is 0 Å². The second-order valence-electron chi connectivity index (χ2n) is 3.81. The van der Waals surface area contributed by atoms with E-state index in [1.165, 1.54) is 0 Å². The van der Waals surface area contributed by atoms with Crippen LogP contribution in [-0.4, -0.2) is 29.5 Å². The van der Waals surface area contributed by atoms with Crippen molar-refractivity contribution >= 4 is 17.5 Å². The molecule has 1 rings (SSSR count). The molecule has 0 bridgehead atoms. The zero-order valence-electron chi connectivity index (χ0n) is 11.0. The Balaban J connectivity index is 2.77. The highest BCUT2D eigenvalue weighted by Crippen LogP contribution is 2.19. The van der Waals surface area contributed by atoms with Crippen molar-refractivity contribution < 1.29 is 4.79 Å². The predicted molar refractivity (Wildman–Crippen MR) is 71.1 cm³/mol. The summed E-state index contributed by atoms with van der Waals surface area (Å²) in [5.41, 5.74) is 3.39. The maximum Gasteiger partial charge on any atom is 0.221 e. The summed E-state index contributed by atoms with van der Waals surface area (Å²) >= 11 is 0. The van der Waals surface area contributed by atoms with E-state index in [0.29, 0.717) is 30.4 Å². The highest BCUT2D eigenvalue weighted by molar-refractivity contribution is 5.76. The molecule has 1 aromatic heterocycles. The van der Waals surface area contributed by atoms with E-state index in [0.717, 1.165) is 12.0 Å². The second-order valence-corrected chi connectivity index (χ2v) is 3.81. The molecule has 1 amide bonds. The van der Waals surface area contributed by atoms with E-state index in [1.807, 2.05) is 13.8 Å². The third-order valence-electron chi connectivity index (χ3n) is 2.57. The Labute approximate surface area is 107 Å². The summed E-state index contributed by atoms with van der Waals surface area (Å²) in [4.78, 5) is 19.8. The molecule has 0 atom stereocenters. The smallest absolute Gasteiger partial charge is 0.221 e. The molecule has 0 saturated carbocycles. The van der Waals surface area contributed by atoms with E-state index < -0.39 is 0 Å². The van der Waals surface area contributed by atoms with Gasteiger partial charge in [0.2, 0.25) is 5.91 Å². The molecule has 7 heteroatoms. The van der Waals surface area contributed by atoms with Crippen LogP contribution in [0.25, 0.3) is 0 Å². The van der Waals surface area contributed by atoms with Gasteiger partial charge in [0.25, 0.3) is 0 Å². The second kappa shape index (κ2) is 6.75. The number of nitrogens with two attached hydrogens (primary N) is 1. The molecule has 0 aromatic carbocycles. The minimum atomic E-state index is -0.0119. The maximum atomic E-state index is 11.1. The van der Waals surface area contributed by atoms with Gasteiger partial charge in [-0.3, -0.25) is 4.79 Å². The Hall–Kier alpha value is -1.89. The maximum absolute atomic E-state index is 11.1. The van der Waals surface area contributed by atoms with Crippen LogP contribution in [0.2, 0.25) is 0 Å². The van der Waals surface area contributed by atoms with Gasteiger partial charge in [-0.15, -0.1) is 0 Å². The molecule has 1 aromatic rings. The van der Waals surface area contributed by atoms with E-state index in [2.05, 4.69) is 26.0 Å². The lowest BCUT2D eigenvalue weighted by Gasteiger charge is -2.12. The van der Waals surface area contributed by atoms with Crippen molar-refractivity contribution in [2.75, 3.05) is 24.3 Å². The fourth-order valence-corrected chi connectivity index (χ4v) is 1.45. The van der Waals surface area contributed by atoms with Crippen LogP contribution in [0, 0.1) is 6.92 Å². The van der Waals surface area contributed by atoms with Gasteiger partial charge in [-0.1, -0.05) is 6.92 Å². The Morgan fingerprint density at radius 1 is 1.33 bits per heavy atom. The first kappa shape index (κ1) is 14.2. The monoisotopic (exact) mass is 252 g/mol. The third kappa shape index (κ3) is 3.56. The average Bonchev–Trinajstić information content (AvgIpc) is 2.40. The first-order chi connectivity index (χ1) is 8.62. The molecule has 0 aliphatic heterocycles. The highest BCUT2D eigenvalue weighted by Gasteiger charge is 2.09. The van der Waals surface area contributed by atoms with E-state index >= 15 is 0 Å². The molecule has 0 aliphatic rings. The Bertz CT molecular complexity index is 420. The molecule has 0 spiro atoms. The largest absolute Gasteiger partial charge is 0.369 e. The van der Waals surface area contributed by atoms with Crippen molar-refractivity contribution in [3.8, 4) is 0 Å². The lowest BCUT2D eigenvalue weighted by molar-refractivity contribution is -0.120. The number of nitrogens with zero attached hydrogens (tertiary/aromatic N) is 2. The van der Waals surface area contributed by atoms with Crippen LogP contribution in [0.5, 0.6) is 0 Å². The third-order valence-corrected chi connectivity index (χ3v) is 2.57. The van der Waals surface area contributed by atoms with Gasteiger partial charge in [-0.05, 0) is 6.92 Å². The molecular formula is C11H20N6O. The number of nitrogens with one attached hydrogen (secondary N) is 3. The van der Waals surface area contributed by atoms with Crippen LogP contribution in [0.1, 0.15) is 24.7 Å². The average molecular weight is 252 g/mol. The number of amides is 1. The number of carbonyl (C=O) groups excluding carboxylic acids is 1. The van der Waals surface area contributed by atoms with Crippen molar-refractivity contribution in [3.05, 3.63) is 11.4 Å². The van der Waals surface area contributed by atoms with E-state index in [1.54, 1.807) is 7.05 Å². The standard InChI is InChI=1S/C11H20N6O/c1-4-8-15-10(7(2)11(16-8)17-12)14-6-5-9(18)13-3/h4-6,12H2,1-3H3,(H,13,18)(H2,14,15,16,17). The fourth-order valence-electron chi connectivity index (χ4n) is 1.45. The molecule has 5 N–H and O–H groups in total. The lowest BCUT2D eigenvalue weighted by atomic mass is 10.3. The van der Waals surface area contributed by atoms with Crippen molar-refractivity contribution in [2.45, 2.75) is 26.7 Å². The Kier molecular flexibility index (Phi) is 5.31. The van der Waals surface area contributed by atoms with Gasteiger partial charge < -0.3 is 16.1 Å². The Morgan fingerprint density at radius 2 is 2.00 bits per heavy atom. The molecule has 18 heavy (non-hydrogen) atoms. The SMILES string of the molecule is CCc1nc(NN)c(C)c(NCCC(=O)NC)n1. The molecule has 0 saturated heterocycles. The zero-order chi connectivity index (χ0) is 13.5. The number of hydrazine groups is 1. The summed E-state index contributed by atoms with van der Waals surface area (Å²) in [6.07, 6.45) is 1.12. The van der Waals surface area contributed by atoms with Crippen molar-refractivity contribution in [2.24, 2.45) is 5.84 Å². The van der Waals surface area contributed by atoms with Gasteiger partial charge in [-0.25, -0.2) is 15.8 Å². The molecule has 0 fully saturated rings. The van der Waals surface area contributed by atoms with Crippen LogP contribution in [0.15, 0.2) is 0 Å². The number of hydrogen-bond acceptors (Lipinski definition) is 6. The number of anilines is 2. The van der Waals surface area contributed by atoms with E-state index in [-0.39, 0.29) is 5.91 Å². The molecule has 0 radical (unpaired) electrons. The van der Waals surface area contributed by atoms with E-state index in [9.17, 15) is 4.79 Å². The van der Waals surface area contributed by atoms with E-state index in [4.69, 9.17) is 5.84 Å². The van der Waals surface area contributed by atoms with Crippen LogP contribution in [0.4, 0.5) is 11.6 Å². The topological polar surface area (TPSA) is 105 Å². The molecule has 7 nitrogen and oxygen atoms in total. The summed E-state index contributed by atoms with van der Waals surface area (Å²) in [5.74, 6) is 7.41. The molecule has 0 unspecified atom stereocenters. The van der Waals surface area contributed by atoms with Gasteiger partial charge >= 0.3 is 0 Å².